The topological polar surface area (TPSA) is 126 Å². The number of aromatic nitrogens is 2. The lowest BCUT2D eigenvalue weighted by molar-refractivity contribution is 0.130. The van der Waals surface area contributed by atoms with Crippen LogP contribution in [0.25, 0.3) is 21.1 Å². The molecule has 4 aromatic rings. The monoisotopic (exact) mass is 768 g/mol. The van der Waals surface area contributed by atoms with Gasteiger partial charge in [0.05, 0.1) is 30.3 Å². The van der Waals surface area contributed by atoms with Gasteiger partial charge in [-0.3, -0.25) is 10.6 Å². The summed E-state index contributed by atoms with van der Waals surface area (Å²) in [7, 11) is 0. The number of benzene rings is 2. The summed E-state index contributed by atoms with van der Waals surface area (Å²) in [6.07, 6.45) is 3.40. The predicted octanol–water partition coefficient (Wildman–Crippen LogP) is 8.78. The summed E-state index contributed by atoms with van der Waals surface area (Å²) >= 11 is 6.48. The lowest BCUT2D eigenvalue weighted by atomic mass is 9.93. The average Bonchev–Trinajstić information content (AvgIpc) is 3.78. The van der Waals surface area contributed by atoms with Gasteiger partial charge in [-0.15, -0.1) is 22.7 Å². The van der Waals surface area contributed by atoms with Crippen LogP contribution in [0.15, 0.2) is 63.9 Å². The van der Waals surface area contributed by atoms with Crippen LogP contribution in [0.5, 0.6) is 0 Å². The first-order valence-corrected chi connectivity index (χ1v) is 19.3. The third kappa shape index (κ3) is 11.3. The minimum absolute atomic E-state index is 0.00487. The highest BCUT2D eigenvalue weighted by atomic mass is 79.9. The molecular weight excluding hydrogens is 724 g/mol. The van der Waals surface area contributed by atoms with Crippen molar-refractivity contribution < 1.29 is 19.1 Å². The number of hydrogen-bond donors (Lipinski definition) is 4. The van der Waals surface area contributed by atoms with Crippen molar-refractivity contribution >= 4 is 62.2 Å². The van der Waals surface area contributed by atoms with Crippen molar-refractivity contribution in [2.24, 2.45) is 11.8 Å². The fraction of sp³-hybridized carbons (Fsp3) is 0.444. The van der Waals surface area contributed by atoms with Gasteiger partial charge >= 0.3 is 12.2 Å². The second-order valence-corrected chi connectivity index (χ2v) is 15.7. The van der Waals surface area contributed by atoms with Crippen molar-refractivity contribution in [1.82, 2.24) is 20.6 Å². The summed E-state index contributed by atoms with van der Waals surface area (Å²) in [4.78, 5) is 33.5. The number of halogens is 1. The molecule has 10 nitrogen and oxygen atoms in total. The maximum atomic E-state index is 12.2. The molecule has 6 rings (SSSR count). The Kier molecular flexibility index (Phi) is 13.6. The highest BCUT2D eigenvalue weighted by Crippen LogP contribution is 2.34. The molecule has 0 bridgehead atoms. The Bertz CT molecular complexity index is 1660. The van der Waals surface area contributed by atoms with E-state index in [0.29, 0.717) is 30.7 Å². The van der Waals surface area contributed by atoms with Crippen LogP contribution in [0.3, 0.4) is 0 Å². The summed E-state index contributed by atoms with van der Waals surface area (Å²) in [6.45, 7) is 11.4. The van der Waals surface area contributed by atoms with Gasteiger partial charge in [0.1, 0.15) is 14.6 Å². The Morgan fingerprint density at radius 2 is 1.20 bits per heavy atom. The SMILES string of the molecule is CC(C)(C)c1csc(-c2ccccc2NC(=O)OCC2CCNCC2)n1.O=C(Nc1ccccc1-c1nc(Br)cs1)OCC1CCNCC1. The quantitative estimate of drug-likeness (QED) is 0.140. The van der Waals surface area contributed by atoms with Crippen LogP contribution in [0.2, 0.25) is 0 Å². The number of para-hydroxylation sites is 2. The Hall–Kier alpha value is -3.36. The zero-order chi connectivity index (χ0) is 34.6. The Morgan fingerprint density at radius 3 is 1.63 bits per heavy atom. The van der Waals surface area contributed by atoms with E-state index in [1.54, 1.807) is 11.3 Å². The molecule has 262 valence electrons. The number of ether oxygens (including phenoxy) is 2. The summed E-state index contributed by atoms with van der Waals surface area (Å²) in [6, 6.07) is 15.3. The first-order valence-electron chi connectivity index (χ1n) is 16.7. The van der Waals surface area contributed by atoms with Gasteiger partial charge in [0.2, 0.25) is 0 Å². The number of thiazole rings is 2. The Morgan fingerprint density at radius 1 is 0.755 bits per heavy atom. The molecule has 0 unspecified atom stereocenters. The molecule has 2 aromatic heterocycles. The molecule has 0 aliphatic carbocycles. The molecule has 2 aliphatic rings. The van der Waals surface area contributed by atoms with Crippen molar-refractivity contribution in [2.45, 2.75) is 51.9 Å². The van der Waals surface area contributed by atoms with Crippen LogP contribution in [-0.4, -0.2) is 61.5 Å². The van der Waals surface area contributed by atoms with Gasteiger partial charge in [0.15, 0.2) is 0 Å². The summed E-state index contributed by atoms with van der Waals surface area (Å²) in [5.74, 6) is 0.901. The van der Waals surface area contributed by atoms with E-state index in [4.69, 9.17) is 14.5 Å². The standard InChI is InChI=1S/C20H27N3O2S.C16H18BrN3O2S/c1-20(2,3)17-13-26-18(23-17)15-6-4-5-7-16(15)22-19(24)25-12-14-8-10-21-11-9-14;17-14-10-23-15(20-14)12-3-1-2-4-13(12)19-16(21)22-9-11-5-7-18-8-6-11/h4-7,13-14,21H,8-12H2,1-3H3,(H,22,24);1-4,10-11,18H,5-9H2,(H,19,21). The molecule has 2 amide bonds. The van der Waals surface area contributed by atoms with E-state index < -0.39 is 12.2 Å². The smallest absolute Gasteiger partial charge is 0.411 e. The number of rotatable bonds is 8. The van der Waals surface area contributed by atoms with Crippen LogP contribution in [0.1, 0.15) is 52.1 Å². The molecule has 4 heterocycles. The molecule has 0 saturated carbocycles. The van der Waals surface area contributed by atoms with E-state index >= 15 is 0 Å². The number of piperidine rings is 2. The normalized spacial score (nSPS) is 15.5. The minimum Gasteiger partial charge on any atom is -0.449 e. The summed E-state index contributed by atoms with van der Waals surface area (Å²) < 4.78 is 11.6. The highest BCUT2D eigenvalue weighted by molar-refractivity contribution is 9.10. The van der Waals surface area contributed by atoms with Crippen LogP contribution in [0.4, 0.5) is 21.0 Å². The average molecular weight is 770 g/mol. The molecule has 0 atom stereocenters. The largest absolute Gasteiger partial charge is 0.449 e. The van der Waals surface area contributed by atoms with E-state index in [0.717, 1.165) is 89.0 Å². The number of nitrogens with zero attached hydrogens (tertiary/aromatic N) is 2. The molecule has 0 spiro atoms. The fourth-order valence-electron chi connectivity index (χ4n) is 5.45. The lowest BCUT2D eigenvalue weighted by Crippen LogP contribution is -2.31. The maximum absolute atomic E-state index is 12.2. The maximum Gasteiger partial charge on any atom is 0.411 e. The van der Waals surface area contributed by atoms with Crippen molar-refractivity contribution in [3.8, 4) is 21.1 Å². The summed E-state index contributed by atoms with van der Waals surface area (Å²) in [5, 5.41) is 18.1. The third-order valence-corrected chi connectivity index (χ3v) is 10.8. The number of amides is 2. The molecule has 2 aliphatic heterocycles. The zero-order valence-corrected chi connectivity index (χ0v) is 31.4. The van der Waals surface area contributed by atoms with Gasteiger partial charge in [0, 0.05) is 27.3 Å². The molecule has 13 heteroatoms. The van der Waals surface area contributed by atoms with Crippen LogP contribution >= 0.6 is 38.6 Å². The minimum atomic E-state index is -0.411. The van der Waals surface area contributed by atoms with Crippen molar-refractivity contribution in [3.05, 3.63) is 69.6 Å². The van der Waals surface area contributed by atoms with Crippen LogP contribution in [0, 0.1) is 11.8 Å². The van der Waals surface area contributed by atoms with E-state index in [9.17, 15) is 9.59 Å². The molecule has 2 saturated heterocycles. The van der Waals surface area contributed by atoms with Gasteiger partial charge in [0.25, 0.3) is 0 Å². The predicted molar refractivity (Wildman–Crippen MR) is 203 cm³/mol. The third-order valence-electron chi connectivity index (χ3n) is 8.35. The summed E-state index contributed by atoms with van der Waals surface area (Å²) in [5.41, 5.74) is 4.32. The highest BCUT2D eigenvalue weighted by Gasteiger charge is 2.21. The lowest BCUT2D eigenvalue weighted by Gasteiger charge is -2.22. The number of carbonyl (C=O) groups is 2. The van der Waals surface area contributed by atoms with Gasteiger partial charge in [-0.1, -0.05) is 45.0 Å². The molecular formula is C36H45BrN6O4S2. The van der Waals surface area contributed by atoms with Gasteiger partial charge in [-0.25, -0.2) is 19.6 Å². The fourth-order valence-corrected chi connectivity index (χ4v) is 7.83. The van der Waals surface area contributed by atoms with Crippen LogP contribution < -0.4 is 21.3 Å². The first-order chi connectivity index (χ1) is 23.7. The van der Waals surface area contributed by atoms with Crippen molar-refractivity contribution in [3.63, 3.8) is 0 Å². The van der Waals surface area contributed by atoms with Crippen molar-refractivity contribution in [1.29, 1.82) is 0 Å². The second-order valence-electron chi connectivity index (χ2n) is 13.2. The molecule has 0 radical (unpaired) electrons. The van der Waals surface area contributed by atoms with E-state index in [1.807, 2.05) is 53.9 Å². The number of anilines is 2. The van der Waals surface area contributed by atoms with E-state index in [-0.39, 0.29) is 5.41 Å². The number of hydrogen-bond acceptors (Lipinski definition) is 10. The number of nitrogens with one attached hydrogen (secondary N) is 4. The van der Waals surface area contributed by atoms with Gasteiger partial charge in [-0.2, -0.15) is 0 Å². The Labute approximate surface area is 305 Å². The Balaban J connectivity index is 0.000000192. The zero-order valence-electron chi connectivity index (χ0n) is 28.2. The number of carbonyl (C=O) groups excluding carboxylic acids is 2. The van der Waals surface area contributed by atoms with E-state index in [1.165, 1.54) is 11.3 Å². The molecule has 2 fully saturated rings. The first kappa shape index (κ1) is 36.9. The van der Waals surface area contributed by atoms with Crippen molar-refractivity contribution in [2.75, 3.05) is 50.0 Å². The molecule has 4 N–H and O–H groups in total. The van der Waals surface area contributed by atoms with Crippen LogP contribution in [-0.2, 0) is 14.9 Å². The molecule has 49 heavy (non-hydrogen) atoms. The molecule has 2 aromatic carbocycles. The van der Waals surface area contributed by atoms with Gasteiger partial charge in [-0.05, 0) is 104 Å². The van der Waals surface area contributed by atoms with E-state index in [2.05, 4.69) is 68.3 Å². The van der Waals surface area contributed by atoms with Gasteiger partial charge < -0.3 is 20.1 Å². The second kappa shape index (κ2) is 18.0.